The molecule has 0 radical (unpaired) electrons. The Morgan fingerprint density at radius 1 is 0.390 bits per heavy atom. The van der Waals surface area contributed by atoms with Gasteiger partial charge in [0.25, 0.3) is 0 Å². The Labute approximate surface area is 346 Å². The van der Waals surface area contributed by atoms with E-state index in [-0.39, 0.29) is 5.56 Å². The van der Waals surface area contributed by atoms with Crippen molar-refractivity contribution in [3.63, 3.8) is 0 Å². The number of aryl methyl sites for hydroxylation is 1. The highest BCUT2D eigenvalue weighted by Gasteiger charge is 2.29. The number of hydrogen-bond donors (Lipinski definition) is 0. The number of aromatic nitrogens is 3. The molecule has 3 aromatic heterocycles. The van der Waals surface area contributed by atoms with Gasteiger partial charge in [0.05, 0.1) is 11.0 Å². The van der Waals surface area contributed by atoms with Crippen LogP contribution < -0.4 is 0 Å². The number of imidazole rings is 1. The predicted molar refractivity (Wildman–Crippen MR) is 243 cm³/mol. The quantitative estimate of drug-likeness (QED) is 0.163. The molecule has 59 heavy (non-hydrogen) atoms. The summed E-state index contributed by atoms with van der Waals surface area (Å²) in [4.78, 5) is 9.07. The lowest BCUT2D eigenvalue weighted by molar-refractivity contribution is 0.643. The van der Waals surface area contributed by atoms with Crippen molar-refractivity contribution in [1.29, 1.82) is 0 Å². The van der Waals surface area contributed by atoms with Crippen LogP contribution in [0.25, 0.3) is 106 Å². The van der Waals surface area contributed by atoms with E-state index in [0.717, 1.165) is 83.4 Å². The van der Waals surface area contributed by atoms with Crippen molar-refractivity contribution in [1.82, 2.24) is 14.4 Å². The topological polar surface area (TPSA) is 43.3 Å². The van der Waals surface area contributed by atoms with Gasteiger partial charge in [-0.3, -0.25) is 4.40 Å². The molecule has 4 nitrogen and oxygen atoms in total. The van der Waals surface area contributed by atoms with E-state index < -0.39 is 6.85 Å². The van der Waals surface area contributed by atoms with Gasteiger partial charge in [-0.2, -0.15) is 4.98 Å². The maximum absolute atomic E-state index is 8.65. The molecule has 3 heterocycles. The lowest BCUT2D eigenvalue weighted by Crippen LogP contribution is -2.02. The molecular weight excluding hydrogens is 719 g/mol. The van der Waals surface area contributed by atoms with Gasteiger partial charge in [-0.15, -0.1) is 0 Å². The Hall–Kier alpha value is -7.82. The molecule has 0 spiro atoms. The van der Waals surface area contributed by atoms with E-state index in [2.05, 4.69) is 174 Å². The van der Waals surface area contributed by atoms with Crippen LogP contribution >= 0.6 is 0 Å². The smallest absolute Gasteiger partial charge is 0.309 e. The van der Waals surface area contributed by atoms with Crippen LogP contribution in [0.1, 0.15) is 9.68 Å². The molecule has 11 rings (SSSR count). The molecule has 0 unspecified atom stereocenters. The highest BCUT2D eigenvalue weighted by Crippen LogP contribution is 2.56. The molecular formula is C55H37N3O. The van der Waals surface area contributed by atoms with Crippen LogP contribution in [0.2, 0.25) is 0 Å². The molecule has 0 saturated carbocycles. The minimum atomic E-state index is -2.41. The Kier molecular flexibility index (Phi) is 7.57. The molecule has 0 saturated heterocycles. The van der Waals surface area contributed by atoms with E-state index >= 15 is 0 Å². The van der Waals surface area contributed by atoms with Gasteiger partial charge in [-0.25, -0.2) is 4.98 Å². The second-order valence-electron chi connectivity index (χ2n) is 14.7. The Bertz CT molecular complexity index is 3300. The van der Waals surface area contributed by atoms with Crippen molar-refractivity contribution < 1.29 is 8.53 Å². The second kappa shape index (κ2) is 14.3. The van der Waals surface area contributed by atoms with Crippen molar-refractivity contribution in [3.8, 4) is 77.9 Å². The zero-order valence-corrected chi connectivity index (χ0v) is 31.9. The van der Waals surface area contributed by atoms with E-state index in [0.29, 0.717) is 22.6 Å². The largest absolute Gasteiger partial charge is 0.422 e. The zero-order chi connectivity index (χ0) is 41.8. The maximum Gasteiger partial charge on any atom is 0.309 e. The van der Waals surface area contributed by atoms with Gasteiger partial charge < -0.3 is 4.42 Å². The summed E-state index contributed by atoms with van der Waals surface area (Å²) in [5.74, 6) is 0.356. The molecule has 0 amide bonds. The summed E-state index contributed by atoms with van der Waals surface area (Å²) >= 11 is 0. The van der Waals surface area contributed by atoms with Crippen LogP contribution in [0.3, 0.4) is 0 Å². The van der Waals surface area contributed by atoms with Gasteiger partial charge in [0.2, 0.25) is 0 Å². The molecule has 278 valence electrons. The standard InChI is InChI=1S/C55H37N3O/c1-36-29-34-44-53(59-55-57-54-45(58(44)55)28-17-35-56-54)46(36)42-30-32-43(33-31-42)52-50(40-24-13-5-14-25-40)48(38-20-9-3-10-21-38)47(37-18-7-2-8-19-37)49(39-22-11-4-12-23-39)51(52)41-26-15-6-16-27-41/h2-35H,1H3/i1D3. The summed E-state index contributed by atoms with van der Waals surface area (Å²) in [5, 5.41) is 0. The van der Waals surface area contributed by atoms with Crippen LogP contribution in [-0.4, -0.2) is 14.4 Å². The van der Waals surface area contributed by atoms with Crippen LogP contribution in [0.5, 0.6) is 0 Å². The minimum Gasteiger partial charge on any atom is -0.422 e. The third-order valence-electron chi connectivity index (χ3n) is 11.2. The van der Waals surface area contributed by atoms with Crippen molar-refractivity contribution in [3.05, 3.63) is 212 Å². The fourth-order valence-corrected chi connectivity index (χ4v) is 8.73. The van der Waals surface area contributed by atoms with E-state index in [9.17, 15) is 0 Å². The first-order valence-electron chi connectivity index (χ1n) is 21.2. The first-order valence-corrected chi connectivity index (χ1v) is 19.7. The summed E-state index contributed by atoms with van der Waals surface area (Å²) in [7, 11) is 0. The third kappa shape index (κ3) is 5.76. The maximum atomic E-state index is 8.65. The van der Waals surface area contributed by atoms with Crippen molar-refractivity contribution in [2.75, 3.05) is 0 Å². The number of benzene rings is 8. The predicted octanol–water partition coefficient (Wildman–Crippen LogP) is 14.6. The molecule has 0 N–H and O–H groups in total. The summed E-state index contributed by atoms with van der Waals surface area (Å²) in [6.45, 7) is -2.41. The number of oxazole rings is 1. The molecule has 0 fully saturated rings. The number of rotatable bonds is 7. The molecule has 0 aliphatic heterocycles. The van der Waals surface area contributed by atoms with E-state index in [1.807, 2.05) is 34.7 Å². The molecule has 11 aromatic rings. The zero-order valence-electron chi connectivity index (χ0n) is 34.9. The number of hydrogen-bond acceptors (Lipinski definition) is 3. The monoisotopic (exact) mass is 758 g/mol. The number of fused-ring (bicyclic) bond motifs is 5. The van der Waals surface area contributed by atoms with Gasteiger partial charge in [0.1, 0.15) is 0 Å². The lowest BCUT2D eigenvalue weighted by atomic mass is 9.74. The van der Waals surface area contributed by atoms with E-state index in [1.165, 1.54) is 0 Å². The van der Waals surface area contributed by atoms with Crippen LogP contribution in [0.15, 0.2) is 211 Å². The molecule has 0 bridgehead atoms. The minimum absolute atomic E-state index is 0.206. The highest BCUT2D eigenvalue weighted by molar-refractivity contribution is 6.15. The van der Waals surface area contributed by atoms with Gasteiger partial charge in [0, 0.05) is 15.9 Å². The summed E-state index contributed by atoms with van der Waals surface area (Å²) in [6.07, 6.45) is 1.70. The van der Waals surface area contributed by atoms with Gasteiger partial charge in [0.15, 0.2) is 11.2 Å². The van der Waals surface area contributed by atoms with E-state index in [1.54, 1.807) is 12.3 Å². The number of nitrogens with zero attached hydrogens (tertiary/aromatic N) is 3. The van der Waals surface area contributed by atoms with Crippen LogP contribution in [-0.2, 0) is 0 Å². The molecule has 0 atom stereocenters. The SMILES string of the molecule is [2H]C([2H])([2H])c1ccc2c(oc3nc4ncccc4n32)c1-c1ccc(-c2c(-c3ccccc3)c(-c3ccccc3)c(-c3ccccc3)c(-c3ccccc3)c2-c2ccccc2)cc1. The van der Waals surface area contributed by atoms with Gasteiger partial charge in [-0.05, 0) is 103 Å². The van der Waals surface area contributed by atoms with Crippen molar-refractivity contribution in [2.24, 2.45) is 0 Å². The summed E-state index contributed by atoms with van der Waals surface area (Å²) in [5.41, 5.74) is 17.0. The molecule has 8 aromatic carbocycles. The normalized spacial score (nSPS) is 12.4. The third-order valence-corrected chi connectivity index (χ3v) is 11.2. The Morgan fingerprint density at radius 3 is 1.19 bits per heavy atom. The van der Waals surface area contributed by atoms with Crippen LogP contribution in [0.4, 0.5) is 0 Å². The van der Waals surface area contributed by atoms with Crippen LogP contribution in [0, 0.1) is 6.85 Å². The molecule has 4 heteroatoms. The fourth-order valence-electron chi connectivity index (χ4n) is 8.73. The lowest BCUT2D eigenvalue weighted by Gasteiger charge is -2.29. The Morgan fingerprint density at radius 2 is 0.780 bits per heavy atom. The summed E-state index contributed by atoms with van der Waals surface area (Å²) < 4.78 is 34.3. The summed E-state index contributed by atoms with van der Waals surface area (Å²) in [6, 6.07) is 69.0. The van der Waals surface area contributed by atoms with Gasteiger partial charge in [-0.1, -0.05) is 182 Å². The number of pyridine rings is 1. The average molecular weight is 759 g/mol. The first kappa shape index (κ1) is 31.3. The second-order valence-corrected chi connectivity index (χ2v) is 14.7. The van der Waals surface area contributed by atoms with E-state index in [4.69, 9.17) is 8.53 Å². The fraction of sp³-hybridized carbons (Fsp3) is 0.0182. The van der Waals surface area contributed by atoms with Crippen molar-refractivity contribution >= 4 is 28.1 Å². The molecule has 0 aliphatic rings. The molecule has 0 aliphatic carbocycles. The Balaban J connectivity index is 1.27. The first-order chi connectivity index (χ1) is 30.4. The average Bonchev–Trinajstić information content (AvgIpc) is 3.88. The highest BCUT2D eigenvalue weighted by atomic mass is 16.4. The van der Waals surface area contributed by atoms with Crippen molar-refractivity contribution in [2.45, 2.75) is 6.85 Å². The van der Waals surface area contributed by atoms with Gasteiger partial charge >= 0.3 is 5.84 Å².